The fourth-order valence-corrected chi connectivity index (χ4v) is 1.99. The van der Waals surface area contributed by atoms with Crippen molar-refractivity contribution in [3.63, 3.8) is 0 Å². The van der Waals surface area contributed by atoms with Gasteiger partial charge in [-0.05, 0) is 40.3 Å². The number of rotatable bonds is 9. The van der Waals surface area contributed by atoms with Crippen LogP contribution in [0.15, 0.2) is 0 Å². The zero-order chi connectivity index (χ0) is 13.5. The molecule has 0 aliphatic heterocycles. The number of hydrogen-bond donors (Lipinski definition) is 2. The van der Waals surface area contributed by atoms with E-state index in [1.807, 2.05) is 13.8 Å². The molecule has 0 saturated heterocycles. The maximum Gasteiger partial charge on any atom is 0.324 e. The molecule has 4 heteroatoms. The van der Waals surface area contributed by atoms with E-state index in [4.69, 9.17) is 0 Å². The van der Waals surface area contributed by atoms with Crippen LogP contribution < -0.4 is 5.32 Å². The number of nitrogens with one attached hydrogen (secondary N) is 1. The third-order valence-corrected chi connectivity index (χ3v) is 2.89. The number of carbonyl (C=O) groups is 1. The maximum absolute atomic E-state index is 11.4. The summed E-state index contributed by atoms with van der Waals surface area (Å²) in [4.78, 5) is 13.6. The lowest BCUT2D eigenvalue weighted by molar-refractivity contribution is -0.145. The summed E-state index contributed by atoms with van der Waals surface area (Å²) in [5, 5.41) is 12.5. The standard InChI is InChI=1S/C13H28N2O2/c1-6-8-9-15(7-2)10-13(5,12(16)17)14-11(3)4/h11,14H,6-10H2,1-5H3,(H,16,17). The molecule has 0 rings (SSSR count). The first-order valence-corrected chi connectivity index (χ1v) is 6.59. The van der Waals surface area contributed by atoms with E-state index in [1.54, 1.807) is 6.92 Å². The van der Waals surface area contributed by atoms with Gasteiger partial charge in [0.15, 0.2) is 0 Å². The maximum atomic E-state index is 11.4. The van der Waals surface area contributed by atoms with Gasteiger partial charge in [0.2, 0.25) is 0 Å². The molecule has 0 amide bonds. The van der Waals surface area contributed by atoms with Crippen LogP contribution in [-0.2, 0) is 4.79 Å². The SMILES string of the molecule is CCCCN(CC)CC(C)(NC(C)C)C(=O)O. The molecule has 0 radical (unpaired) electrons. The van der Waals surface area contributed by atoms with E-state index in [1.165, 1.54) is 0 Å². The third kappa shape index (κ3) is 6.03. The summed E-state index contributed by atoms with van der Waals surface area (Å²) < 4.78 is 0. The van der Waals surface area contributed by atoms with Gasteiger partial charge in [-0.1, -0.05) is 20.3 Å². The summed E-state index contributed by atoms with van der Waals surface area (Å²) in [7, 11) is 0. The van der Waals surface area contributed by atoms with Crippen LogP contribution in [0, 0.1) is 0 Å². The number of unbranched alkanes of at least 4 members (excludes halogenated alkanes) is 1. The quantitative estimate of drug-likeness (QED) is 0.651. The molecule has 102 valence electrons. The van der Waals surface area contributed by atoms with Gasteiger partial charge in [0, 0.05) is 12.6 Å². The Labute approximate surface area is 105 Å². The summed E-state index contributed by atoms with van der Waals surface area (Å²) in [5.41, 5.74) is -0.863. The second-order valence-electron chi connectivity index (χ2n) is 5.16. The van der Waals surface area contributed by atoms with E-state index in [0.717, 1.165) is 25.9 Å². The highest BCUT2D eigenvalue weighted by molar-refractivity contribution is 5.78. The number of nitrogens with zero attached hydrogens (tertiary/aromatic N) is 1. The number of likely N-dealkylation sites (N-methyl/N-ethyl adjacent to an activating group) is 1. The van der Waals surface area contributed by atoms with Crippen LogP contribution in [0.3, 0.4) is 0 Å². The van der Waals surface area contributed by atoms with Crippen molar-refractivity contribution in [3.8, 4) is 0 Å². The Morgan fingerprint density at radius 3 is 2.35 bits per heavy atom. The second kappa shape index (κ2) is 7.67. The van der Waals surface area contributed by atoms with Crippen LogP contribution in [0.4, 0.5) is 0 Å². The van der Waals surface area contributed by atoms with E-state index >= 15 is 0 Å². The van der Waals surface area contributed by atoms with E-state index in [-0.39, 0.29) is 6.04 Å². The summed E-state index contributed by atoms with van der Waals surface area (Å²) in [6.07, 6.45) is 2.25. The van der Waals surface area contributed by atoms with Crippen molar-refractivity contribution >= 4 is 5.97 Å². The van der Waals surface area contributed by atoms with E-state index in [2.05, 4.69) is 24.1 Å². The molecule has 0 heterocycles. The highest BCUT2D eigenvalue weighted by Crippen LogP contribution is 2.10. The predicted octanol–water partition coefficient (Wildman–Crippen LogP) is 1.95. The Bertz CT molecular complexity index is 231. The lowest BCUT2D eigenvalue weighted by Gasteiger charge is -2.34. The van der Waals surface area contributed by atoms with Gasteiger partial charge in [0.1, 0.15) is 5.54 Å². The molecule has 0 aromatic heterocycles. The normalized spacial score (nSPS) is 15.2. The Balaban J connectivity index is 4.54. The molecule has 0 aliphatic carbocycles. The van der Waals surface area contributed by atoms with Crippen molar-refractivity contribution in [2.45, 2.75) is 59.0 Å². The number of aliphatic carboxylic acids is 1. The average molecular weight is 244 g/mol. The summed E-state index contributed by atoms with van der Waals surface area (Å²) in [5.74, 6) is -0.777. The Hall–Kier alpha value is -0.610. The average Bonchev–Trinajstić information content (AvgIpc) is 2.22. The lowest BCUT2D eigenvalue weighted by atomic mass is 10.0. The second-order valence-corrected chi connectivity index (χ2v) is 5.16. The Kier molecular flexibility index (Phi) is 7.39. The monoisotopic (exact) mass is 244 g/mol. The van der Waals surface area contributed by atoms with Gasteiger partial charge in [-0.15, -0.1) is 0 Å². The van der Waals surface area contributed by atoms with E-state index in [0.29, 0.717) is 6.54 Å². The molecule has 1 unspecified atom stereocenters. The fourth-order valence-electron chi connectivity index (χ4n) is 1.99. The highest BCUT2D eigenvalue weighted by Gasteiger charge is 2.34. The molecule has 0 spiro atoms. The summed E-state index contributed by atoms with van der Waals surface area (Å²) >= 11 is 0. The molecule has 0 fully saturated rings. The van der Waals surface area contributed by atoms with Gasteiger partial charge in [0.25, 0.3) is 0 Å². The van der Waals surface area contributed by atoms with Crippen LogP contribution in [0.1, 0.15) is 47.5 Å². The van der Waals surface area contributed by atoms with Gasteiger partial charge in [-0.3, -0.25) is 10.1 Å². The van der Waals surface area contributed by atoms with Crippen molar-refractivity contribution in [1.29, 1.82) is 0 Å². The molecule has 0 aromatic rings. The van der Waals surface area contributed by atoms with E-state index in [9.17, 15) is 9.90 Å². The molecule has 1 atom stereocenters. The van der Waals surface area contributed by atoms with Crippen molar-refractivity contribution in [3.05, 3.63) is 0 Å². The van der Waals surface area contributed by atoms with Crippen LogP contribution in [-0.4, -0.2) is 47.2 Å². The van der Waals surface area contributed by atoms with Crippen molar-refractivity contribution in [2.75, 3.05) is 19.6 Å². The minimum Gasteiger partial charge on any atom is -0.480 e. The van der Waals surface area contributed by atoms with Gasteiger partial charge in [-0.2, -0.15) is 0 Å². The van der Waals surface area contributed by atoms with Crippen molar-refractivity contribution in [2.24, 2.45) is 0 Å². The first-order valence-electron chi connectivity index (χ1n) is 6.59. The molecule has 0 bridgehead atoms. The summed E-state index contributed by atoms with van der Waals surface area (Å²) in [6.45, 7) is 12.4. The number of carboxylic acids is 1. The largest absolute Gasteiger partial charge is 0.480 e. The minimum absolute atomic E-state index is 0.168. The number of hydrogen-bond acceptors (Lipinski definition) is 3. The van der Waals surface area contributed by atoms with Gasteiger partial charge >= 0.3 is 5.97 Å². The molecule has 0 saturated carbocycles. The van der Waals surface area contributed by atoms with Crippen LogP contribution in [0.2, 0.25) is 0 Å². The molecule has 0 aromatic carbocycles. The van der Waals surface area contributed by atoms with Gasteiger partial charge in [-0.25, -0.2) is 0 Å². The molecule has 0 aliphatic rings. The zero-order valence-electron chi connectivity index (χ0n) is 11.9. The smallest absolute Gasteiger partial charge is 0.324 e. The highest BCUT2D eigenvalue weighted by atomic mass is 16.4. The zero-order valence-corrected chi connectivity index (χ0v) is 11.9. The van der Waals surface area contributed by atoms with Crippen LogP contribution >= 0.6 is 0 Å². The van der Waals surface area contributed by atoms with Gasteiger partial charge in [0.05, 0.1) is 0 Å². The fraction of sp³-hybridized carbons (Fsp3) is 0.923. The first-order chi connectivity index (χ1) is 7.85. The Morgan fingerprint density at radius 2 is 2.00 bits per heavy atom. The van der Waals surface area contributed by atoms with Crippen molar-refractivity contribution in [1.82, 2.24) is 10.2 Å². The first kappa shape index (κ1) is 16.4. The molecular weight excluding hydrogens is 216 g/mol. The molecular formula is C13H28N2O2. The van der Waals surface area contributed by atoms with Gasteiger partial charge < -0.3 is 10.0 Å². The lowest BCUT2D eigenvalue weighted by Crippen LogP contribution is -2.59. The topological polar surface area (TPSA) is 52.6 Å². The third-order valence-electron chi connectivity index (χ3n) is 2.89. The Morgan fingerprint density at radius 1 is 1.41 bits per heavy atom. The molecule has 2 N–H and O–H groups in total. The molecule has 17 heavy (non-hydrogen) atoms. The number of carboxylic acid groups (broad SMARTS) is 1. The summed E-state index contributed by atoms with van der Waals surface area (Å²) in [6, 6.07) is 0.168. The predicted molar refractivity (Wildman–Crippen MR) is 71.3 cm³/mol. The van der Waals surface area contributed by atoms with E-state index < -0.39 is 11.5 Å². The minimum atomic E-state index is -0.863. The van der Waals surface area contributed by atoms with Crippen LogP contribution in [0.25, 0.3) is 0 Å². The van der Waals surface area contributed by atoms with Crippen molar-refractivity contribution < 1.29 is 9.90 Å². The van der Waals surface area contributed by atoms with Crippen LogP contribution in [0.5, 0.6) is 0 Å². The molecule has 4 nitrogen and oxygen atoms in total.